The van der Waals surface area contributed by atoms with Crippen LogP contribution in [0.2, 0.25) is 10.0 Å². The smallest absolute Gasteiger partial charge is 0.164 e. The Balaban J connectivity index is 2.35. The highest BCUT2D eigenvalue weighted by Gasteiger charge is 2.09. The van der Waals surface area contributed by atoms with E-state index in [1.165, 1.54) is 0 Å². The Hall–Kier alpha value is -1.13. The van der Waals surface area contributed by atoms with Crippen molar-refractivity contribution in [3.05, 3.63) is 28.2 Å². The van der Waals surface area contributed by atoms with Crippen LogP contribution in [0.1, 0.15) is 13.3 Å². The molecule has 0 N–H and O–H groups in total. The summed E-state index contributed by atoms with van der Waals surface area (Å²) in [6.07, 6.45) is 0.962. The fraction of sp³-hybridized carbons (Fsp3) is 0.300. The molecule has 6 heteroatoms. The highest BCUT2D eigenvalue weighted by atomic mass is 35.5. The molecule has 0 aliphatic rings. The lowest BCUT2D eigenvalue weighted by atomic mass is 10.2. The summed E-state index contributed by atoms with van der Waals surface area (Å²) in [4.78, 5) is 1.56. The number of benzene rings is 1. The van der Waals surface area contributed by atoms with Gasteiger partial charge in [0.1, 0.15) is 0 Å². The second-order valence-electron chi connectivity index (χ2n) is 3.33. The third-order valence-corrected chi connectivity index (χ3v) is 2.60. The first-order valence-corrected chi connectivity index (χ1v) is 5.69. The van der Waals surface area contributed by atoms with E-state index in [-0.39, 0.29) is 0 Å². The van der Waals surface area contributed by atoms with Gasteiger partial charge in [-0.05, 0) is 29.8 Å². The molecule has 0 saturated heterocycles. The molecular weight excluding hydrogens is 247 g/mol. The summed E-state index contributed by atoms with van der Waals surface area (Å²) >= 11 is 11.9. The van der Waals surface area contributed by atoms with E-state index < -0.39 is 0 Å². The summed E-state index contributed by atoms with van der Waals surface area (Å²) in [6.45, 7) is 2.80. The van der Waals surface area contributed by atoms with Crippen LogP contribution >= 0.6 is 23.2 Å². The van der Waals surface area contributed by atoms with Gasteiger partial charge in [-0.2, -0.15) is 4.80 Å². The Labute approximate surface area is 103 Å². The van der Waals surface area contributed by atoms with E-state index in [4.69, 9.17) is 23.2 Å². The van der Waals surface area contributed by atoms with Crippen LogP contribution in [0.15, 0.2) is 18.2 Å². The van der Waals surface area contributed by atoms with E-state index in [1.807, 2.05) is 0 Å². The molecule has 0 atom stereocenters. The predicted molar refractivity (Wildman–Crippen MR) is 63.6 cm³/mol. The summed E-state index contributed by atoms with van der Waals surface area (Å²) in [5, 5.41) is 13.2. The zero-order valence-corrected chi connectivity index (χ0v) is 10.2. The third kappa shape index (κ3) is 2.33. The molecule has 0 radical (unpaired) electrons. The molecule has 1 aromatic heterocycles. The monoisotopic (exact) mass is 256 g/mol. The Kier molecular flexibility index (Phi) is 3.41. The quantitative estimate of drug-likeness (QED) is 0.848. The van der Waals surface area contributed by atoms with Crippen molar-refractivity contribution in [2.75, 3.05) is 0 Å². The van der Waals surface area contributed by atoms with Gasteiger partial charge in [0.25, 0.3) is 0 Å². The summed E-state index contributed by atoms with van der Waals surface area (Å²) in [7, 11) is 0. The van der Waals surface area contributed by atoms with Gasteiger partial charge < -0.3 is 0 Å². The molecule has 0 bridgehead atoms. The van der Waals surface area contributed by atoms with Crippen LogP contribution in [-0.2, 0) is 6.54 Å². The first-order valence-electron chi connectivity index (χ1n) is 4.94. The summed E-state index contributed by atoms with van der Waals surface area (Å²) in [5.74, 6) is 0.523. The van der Waals surface area contributed by atoms with Crippen LogP contribution in [0.5, 0.6) is 0 Å². The van der Waals surface area contributed by atoms with E-state index in [0.717, 1.165) is 18.5 Å². The lowest BCUT2D eigenvalue weighted by Crippen LogP contribution is -2.00. The first kappa shape index (κ1) is 11.4. The molecule has 0 saturated carbocycles. The minimum atomic E-state index is 0.523. The number of hydrogen-bond donors (Lipinski definition) is 0. The van der Waals surface area contributed by atoms with Crippen molar-refractivity contribution in [1.82, 2.24) is 20.2 Å². The zero-order valence-electron chi connectivity index (χ0n) is 8.69. The predicted octanol–water partition coefficient (Wildman–Crippen LogP) is 3.06. The van der Waals surface area contributed by atoms with Crippen molar-refractivity contribution in [2.24, 2.45) is 0 Å². The molecule has 2 aromatic rings. The van der Waals surface area contributed by atoms with Crippen LogP contribution in [0.25, 0.3) is 11.4 Å². The first-order chi connectivity index (χ1) is 7.70. The van der Waals surface area contributed by atoms with Crippen molar-refractivity contribution in [2.45, 2.75) is 19.9 Å². The average molecular weight is 257 g/mol. The van der Waals surface area contributed by atoms with Gasteiger partial charge in [-0.15, -0.1) is 10.2 Å². The van der Waals surface area contributed by atoms with E-state index in [2.05, 4.69) is 22.3 Å². The molecule has 1 aromatic carbocycles. The van der Waals surface area contributed by atoms with Gasteiger partial charge in [0.2, 0.25) is 5.82 Å². The minimum absolute atomic E-state index is 0.523. The van der Waals surface area contributed by atoms with Crippen molar-refractivity contribution in [3.8, 4) is 11.4 Å². The molecule has 0 unspecified atom stereocenters. The molecule has 0 fully saturated rings. The standard InChI is InChI=1S/C10H10Cl2N4/c1-2-5-16-14-10(13-15-16)8-4-3-7(11)6-9(8)12/h3-4,6H,2,5H2,1H3. The summed E-state index contributed by atoms with van der Waals surface area (Å²) in [6, 6.07) is 5.21. The molecule has 2 rings (SSSR count). The van der Waals surface area contributed by atoms with Crippen molar-refractivity contribution < 1.29 is 0 Å². The second kappa shape index (κ2) is 4.80. The van der Waals surface area contributed by atoms with Crippen molar-refractivity contribution >= 4 is 23.2 Å². The molecule has 0 amide bonds. The Morgan fingerprint density at radius 3 is 2.81 bits per heavy atom. The summed E-state index contributed by atoms with van der Waals surface area (Å²) in [5.41, 5.74) is 0.744. The highest BCUT2D eigenvalue weighted by Crippen LogP contribution is 2.27. The maximum Gasteiger partial charge on any atom is 0.206 e. The van der Waals surface area contributed by atoms with Crippen LogP contribution < -0.4 is 0 Å². The van der Waals surface area contributed by atoms with Gasteiger partial charge in [-0.1, -0.05) is 30.1 Å². The number of aromatic nitrogens is 4. The highest BCUT2D eigenvalue weighted by molar-refractivity contribution is 6.36. The molecule has 4 nitrogen and oxygen atoms in total. The third-order valence-electron chi connectivity index (χ3n) is 2.05. The van der Waals surface area contributed by atoms with E-state index >= 15 is 0 Å². The molecule has 0 aliphatic heterocycles. The van der Waals surface area contributed by atoms with Crippen LogP contribution in [-0.4, -0.2) is 20.2 Å². The number of tetrazole rings is 1. The zero-order chi connectivity index (χ0) is 11.5. The largest absolute Gasteiger partial charge is 0.206 e. The Morgan fingerprint density at radius 2 is 2.12 bits per heavy atom. The van der Waals surface area contributed by atoms with E-state index in [0.29, 0.717) is 15.9 Å². The Bertz CT molecular complexity index is 495. The van der Waals surface area contributed by atoms with Gasteiger partial charge in [0.05, 0.1) is 11.6 Å². The number of hydrogen-bond acceptors (Lipinski definition) is 3. The van der Waals surface area contributed by atoms with Crippen LogP contribution in [0.3, 0.4) is 0 Å². The van der Waals surface area contributed by atoms with Gasteiger partial charge in [0, 0.05) is 10.6 Å². The maximum atomic E-state index is 6.05. The normalized spacial score (nSPS) is 10.7. The lowest BCUT2D eigenvalue weighted by Gasteiger charge is -1.98. The Morgan fingerprint density at radius 1 is 1.31 bits per heavy atom. The lowest BCUT2D eigenvalue weighted by molar-refractivity contribution is 0.515. The molecule has 0 aliphatic carbocycles. The van der Waals surface area contributed by atoms with Crippen LogP contribution in [0.4, 0.5) is 0 Å². The number of aryl methyl sites for hydroxylation is 1. The van der Waals surface area contributed by atoms with Gasteiger partial charge in [-0.3, -0.25) is 0 Å². The maximum absolute atomic E-state index is 6.05. The van der Waals surface area contributed by atoms with Gasteiger partial charge in [-0.25, -0.2) is 0 Å². The fourth-order valence-electron chi connectivity index (χ4n) is 1.32. The minimum Gasteiger partial charge on any atom is -0.164 e. The number of rotatable bonds is 3. The van der Waals surface area contributed by atoms with E-state index in [9.17, 15) is 0 Å². The second-order valence-corrected chi connectivity index (χ2v) is 4.18. The SMILES string of the molecule is CCCn1nnc(-c2ccc(Cl)cc2Cl)n1. The molecular formula is C10H10Cl2N4. The van der Waals surface area contributed by atoms with Crippen molar-refractivity contribution in [3.63, 3.8) is 0 Å². The number of nitrogens with zero attached hydrogens (tertiary/aromatic N) is 4. The van der Waals surface area contributed by atoms with Gasteiger partial charge >= 0.3 is 0 Å². The van der Waals surface area contributed by atoms with Crippen molar-refractivity contribution in [1.29, 1.82) is 0 Å². The topological polar surface area (TPSA) is 43.6 Å². The van der Waals surface area contributed by atoms with Crippen LogP contribution in [0, 0.1) is 0 Å². The molecule has 1 heterocycles. The summed E-state index contributed by atoms with van der Waals surface area (Å²) < 4.78 is 0. The molecule has 0 spiro atoms. The number of halogens is 2. The van der Waals surface area contributed by atoms with E-state index in [1.54, 1.807) is 23.0 Å². The molecule has 84 valence electrons. The fourth-order valence-corrected chi connectivity index (χ4v) is 1.81. The average Bonchev–Trinajstić information content (AvgIpc) is 2.67. The molecule has 16 heavy (non-hydrogen) atoms. The van der Waals surface area contributed by atoms with Gasteiger partial charge in [0.15, 0.2) is 0 Å².